The molecule has 2 rings (SSSR count). The summed E-state index contributed by atoms with van der Waals surface area (Å²) in [5.74, 6) is -0.548. The van der Waals surface area contributed by atoms with Gasteiger partial charge in [0, 0.05) is 18.3 Å². The van der Waals surface area contributed by atoms with E-state index in [2.05, 4.69) is 15.6 Å². The van der Waals surface area contributed by atoms with E-state index in [9.17, 15) is 14.0 Å². The van der Waals surface area contributed by atoms with Crippen LogP contribution in [0.15, 0.2) is 42.6 Å². The summed E-state index contributed by atoms with van der Waals surface area (Å²) in [6.07, 6.45) is 1.50. The van der Waals surface area contributed by atoms with Crippen molar-refractivity contribution in [2.45, 2.75) is 19.9 Å². The van der Waals surface area contributed by atoms with Gasteiger partial charge in [0.15, 0.2) is 0 Å². The number of rotatable bonds is 7. The Morgan fingerprint density at radius 2 is 2.04 bits per heavy atom. The topological polar surface area (TPSA) is 80.3 Å². The Balaban J connectivity index is 1.84. The maximum absolute atomic E-state index is 13.1. The van der Waals surface area contributed by atoms with Gasteiger partial charge in [-0.05, 0) is 43.2 Å². The lowest BCUT2D eigenvalue weighted by Crippen LogP contribution is -2.27. The molecule has 6 nitrogen and oxygen atoms in total. The standard InChI is InChI=1S/C18H20FN3O3/c1-2-25-18(24)22-12-16-11-14(7-9-20-16)17(23)21-8-6-13-4-3-5-15(19)10-13/h3-5,7,9-11H,2,6,8,12H2,1H3,(H,21,23)(H,22,24). The summed E-state index contributed by atoms with van der Waals surface area (Å²) in [5, 5.41) is 5.32. The first-order chi connectivity index (χ1) is 12.1. The quantitative estimate of drug-likeness (QED) is 0.808. The largest absolute Gasteiger partial charge is 0.450 e. The number of benzene rings is 1. The molecular weight excluding hydrogens is 325 g/mol. The highest BCUT2D eigenvalue weighted by atomic mass is 19.1. The van der Waals surface area contributed by atoms with Gasteiger partial charge in [0.25, 0.3) is 5.91 Å². The maximum atomic E-state index is 13.1. The van der Waals surface area contributed by atoms with Gasteiger partial charge in [0.2, 0.25) is 0 Å². The number of amides is 2. The second-order valence-electron chi connectivity index (χ2n) is 5.25. The average Bonchev–Trinajstić information content (AvgIpc) is 2.60. The molecule has 0 radical (unpaired) electrons. The average molecular weight is 345 g/mol. The summed E-state index contributed by atoms with van der Waals surface area (Å²) in [7, 11) is 0. The van der Waals surface area contributed by atoms with Crippen molar-refractivity contribution < 1.29 is 18.7 Å². The van der Waals surface area contributed by atoms with Crippen LogP contribution in [0.5, 0.6) is 0 Å². The van der Waals surface area contributed by atoms with Crippen molar-refractivity contribution in [3.63, 3.8) is 0 Å². The van der Waals surface area contributed by atoms with Gasteiger partial charge in [0.1, 0.15) is 5.82 Å². The lowest BCUT2D eigenvalue weighted by molar-refractivity contribution is 0.0954. The Morgan fingerprint density at radius 3 is 2.80 bits per heavy atom. The molecule has 0 unspecified atom stereocenters. The number of carbonyl (C=O) groups excluding carboxylic acids is 2. The van der Waals surface area contributed by atoms with Crippen LogP contribution in [-0.2, 0) is 17.7 Å². The lowest BCUT2D eigenvalue weighted by Gasteiger charge is -2.08. The molecule has 1 aromatic carbocycles. The molecule has 0 aliphatic rings. The van der Waals surface area contributed by atoms with E-state index in [4.69, 9.17) is 4.74 Å². The Kier molecular flexibility index (Phi) is 6.88. The van der Waals surface area contributed by atoms with Crippen LogP contribution in [0.2, 0.25) is 0 Å². The van der Waals surface area contributed by atoms with E-state index < -0.39 is 6.09 Å². The van der Waals surface area contributed by atoms with Gasteiger partial charge in [-0.3, -0.25) is 9.78 Å². The summed E-state index contributed by atoms with van der Waals surface area (Å²) in [6.45, 7) is 2.56. The minimum Gasteiger partial charge on any atom is -0.450 e. The zero-order chi connectivity index (χ0) is 18.1. The van der Waals surface area contributed by atoms with Crippen molar-refractivity contribution in [3.8, 4) is 0 Å². The number of halogens is 1. The number of hydrogen-bond acceptors (Lipinski definition) is 4. The molecule has 0 aliphatic carbocycles. The molecule has 7 heteroatoms. The summed E-state index contributed by atoms with van der Waals surface area (Å²) < 4.78 is 17.9. The Morgan fingerprint density at radius 1 is 1.20 bits per heavy atom. The number of nitrogens with zero attached hydrogens (tertiary/aromatic N) is 1. The highest BCUT2D eigenvalue weighted by molar-refractivity contribution is 5.94. The third-order valence-corrected chi connectivity index (χ3v) is 3.36. The smallest absolute Gasteiger partial charge is 0.407 e. The van der Waals surface area contributed by atoms with E-state index in [1.807, 2.05) is 0 Å². The number of aromatic nitrogens is 1. The minimum atomic E-state index is -0.533. The number of pyridine rings is 1. The molecule has 0 bridgehead atoms. The molecule has 0 fully saturated rings. The molecule has 132 valence electrons. The van der Waals surface area contributed by atoms with E-state index in [-0.39, 0.29) is 24.9 Å². The van der Waals surface area contributed by atoms with E-state index in [0.29, 0.717) is 24.2 Å². The fourth-order valence-corrected chi connectivity index (χ4v) is 2.18. The van der Waals surface area contributed by atoms with Gasteiger partial charge < -0.3 is 15.4 Å². The molecule has 2 aromatic rings. The molecule has 0 atom stereocenters. The SMILES string of the molecule is CCOC(=O)NCc1cc(C(=O)NCCc2cccc(F)c2)ccn1. The molecule has 2 N–H and O–H groups in total. The summed E-state index contributed by atoms with van der Waals surface area (Å²) >= 11 is 0. The second kappa shape index (κ2) is 9.36. The van der Waals surface area contributed by atoms with Crippen LogP contribution < -0.4 is 10.6 Å². The fraction of sp³-hybridized carbons (Fsp3) is 0.278. The third-order valence-electron chi connectivity index (χ3n) is 3.36. The zero-order valence-electron chi connectivity index (χ0n) is 13.9. The fourth-order valence-electron chi connectivity index (χ4n) is 2.18. The van der Waals surface area contributed by atoms with Crippen LogP contribution in [0, 0.1) is 5.82 Å². The first kappa shape index (κ1) is 18.4. The summed E-state index contributed by atoms with van der Waals surface area (Å²) in [5.41, 5.74) is 1.80. The van der Waals surface area contributed by atoms with Gasteiger partial charge in [-0.1, -0.05) is 12.1 Å². The van der Waals surface area contributed by atoms with Crippen molar-refractivity contribution in [3.05, 3.63) is 65.2 Å². The predicted octanol–water partition coefficient (Wildman–Crippen LogP) is 2.44. The number of hydrogen-bond donors (Lipinski definition) is 2. The molecule has 0 saturated carbocycles. The van der Waals surface area contributed by atoms with Crippen molar-refractivity contribution >= 4 is 12.0 Å². The predicted molar refractivity (Wildman–Crippen MR) is 90.5 cm³/mol. The number of alkyl carbamates (subject to hydrolysis) is 1. The Bertz CT molecular complexity index is 737. The molecule has 0 spiro atoms. The Hall–Kier alpha value is -2.96. The van der Waals surface area contributed by atoms with Crippen LogP contribution in [0.4, 0.5) is 9.18 Å². The normalized spacial score (nSPS) is 10.2. The van der Waals surface area contributed by atoms with Crippen molar-refractivity contribution in [1.82, 2.24) is 15.6 Å². The molecular formula is C18H20FN3O3. The Labute approximate surface area is 145 Å². The number of ether oxygens (including phenoxy) is 1. The van der Waals surface area contributed by atoms with Gasteiger partial charge in [-0.25, -0.2) is 9.18 Å². The minimum absolute atomic E-state index is 0.170. The lowest BCUT2D eigenvalue weighted by atomic mass is 10.1. The van der Waals surface area contributed by atoms with Crippen molar-refractivity contribution in [1.29, 1.82) is 0 Å². The summed E-state index contributed by atoms with van der Waals surface area (Å²) in [4.78, 5) is 27.5. The van der Waals surface area contributed by atoms with Crippen LogP contribution in [0.25, 0.3) is 0 Å². The van der Waals surface area contributed by atoms with Crippen LogP contribution in [0.3, 0.4) is 0 Å². The van der Waals surface area contributed by atoms with E-state index in [1.54, 1.807) is 31.2 Å². The first-order valence-electron chi connectivity index (χ1n) is 7.96. The monoisotopic (exact) mass is 345 g/mol. The van der Waals surface area contributed by atoms with Crippen LogP contribution >= 0.6 is 0 Å². The second-order valence-corrected chi connectivity index (χ2v) is 5.25. The maximum Gasteiger partial charge on any atom is 0.407 e. The number of carbonyl (C=O) groups is 2. The van der Waals surface area contributed by atoms with E-state index in [1.165, 1.54) is 18.3 Å². The first-order valence-corrected chi connectivity index (χ1v) is 7.96. The highest BCUT2D eigenvalue weighted by Crippen LogP contribution is 2.05. The third kappa shape index (κ3) is 6.21. The van der Waals surface area contributed by atoms with Gasteiger partial charge in [-0.15, -0.1) is 0 Å². The van der Waals surface area contributed by atoms with Crippen LogP contribution in [0.1, 0.15) is 28.5 Å². The molecule has 0 aliphatic heterocycles. The molecule has 2 amide bonds. The van der Waals surface area contributed by atoms with E-state index >= 15 is 0 Å². The van der Waals surface area contributed by atoms with Crippen molar-refractivity contribution in [2.24, 2.45) is 0 Å². The zero-order valence-corrected chi connectivity index (χ0v) is 13.9. The van der Waals surface area contributed by atoms with Gasteiger partial charge in [-0.2, -0.15) is 0 Å². The van der Waals surface area contributed by atoms with Crippen molar-refractivity contribution in [2.75, 3.05) is 13.2 Å². The van der Waals surface area contributed by atoms with Gasteiger partial charge in [0.05, 0.1) is 18.8 Å². The van der Waals surface area contributed by atoms with E-state index in [0.717, 1.165) is 5.56 Å². The highest BCUT2D eigenvalue weighted by Gasteiger charge is 2.08. The number of nitrogens with one attached hydrogen (secondary N) is 2. The molecule has 25 heavy (non-hydrogen) atoms. The molecule has 1 aromatic heterocycles. The molecule has 1 heterocycles. The summed E-state index contributed by atoms with van der Waals surface area (Å²) in [6, 6.07) is 9.46. The molecule has 0 saturated heterocycles. The van der Waals surface area contributed by atoms with Gasteiger partial charge >= 0.3 is 6.09 Å². The van der Waals surface area contributed by atoms with Crippen LogP contribution in [-0.4, -0.2) is 30.1 Å².